The Labute approximate surface area is 83.3 Å². The van der Waals surface area contributed by atoms with Gasteiger partial charge in [-0.2, -0.15) is 0 Å². The van der Waals surface area contributed by atoms with Crippen molar-refractivity contribution in [1.82, 2.24) is 4.98 Å². The molecule has 2 rings (SSSR count). The number of aromatic nitrogens is 1. The van der Waals surface area contributed by atoms with Gasteiger partial charge in [0.2, 0.25) is 0 Å². The fourth-order valence-corrected chi connectivity index (χ4v) is 1.41. The van der Waals surface area contributed by atoms with E-state index in [0.29, 0.717) is 10.9 Å². The van der Waals surface area contributed by atoms with Crippen LogP contribution < -0.4 is 0 Å². The van der Waals surface area contributed by atoms with Crippen molar-refractivity contribution in [1.29, 1.82) is 0 Å². The lowest BCUT2D eigenvalue weighted by atomic mass is 10.1. The highest BCUT2D eigenvalue weighted by atomic mass is 16.6. The van der Waals surface area contributed by atoms with Gasteiger partial charge in [0.15, 0.2) is 0 Å². The Hall–Kier alpha value is -2.37. The van der Waals surface area contributed by atoms with Gasteiger partial charge < -0.3 is 10.1 Å². The van der Waals surface area contributed by atoms with Crippen LogP contribution in [0.2, 0.25) is 0 Å². The fourth-order valence-electron chi connectivity index (χ4n) is 1.41. The van der Waals surface area contributed by atoms with Crippen LogP contribution in [0.1, 0.15) is 10.4 Å². The van der Waals surface area contributed by atoms with Crippen molar-refractivity contribution in [3.63, 3.8) is 0 Å². The maximum atomic E-state index is 10.8. The summed E-state index contributed by atoms with van der Waals surface area (Å²) in [4.78, 5) is 23.5. The van der Waals surface area contributed by atoms with E-state index in [1.54, 1.807) is 12.3 Å². The number of nitrogens with one attached hydrogen (secondary N) is 1. The van der Waals surface area contributed by atoms with Crippen LogP contribution in [0.3, 0.4) is 0 Å². The van der Waals surface area contributed by atoms with Gasteiger partial charge in [0, 0.05) is 23.2 Å². The molecule has 1 heterocycles. The van der Waals surface area contributed by atoms with Gasteiger partial charge in [0.05, 0.1) is 4.92 Å². The van der Waals surface area contributed by atoms with Gasteiger partial charge in [0.25, 0.3) is 5.69 Å². The first-order valence-corrected chi connectivity index (χ1v) is 4.08. The van der Waals surface area contributed by atoms with Gasteiger partial charge >= 0.3 is 5.97 Å². The molecule has 0 aliphatic rings. The van der Waals surface area contributed by atoms with Crippen molar-refractivity contribution in [3.8, 4) is 0 Å². The third-order valence-corrected chi connectivity index (χ3v) is 2.10. The number of nitrogens with zero attached hydrogens (tertiary/aromatic N) is 1. The fraction of sp³-hybridized carbons (Fsp3) is 0. The lowest BCUT2D eigenvalue weighted by Gasteiger charge is -1.98. The van der Waals surface area contributed by atoms with E-state index in [-0.39, 0.29) is 5.56 Å². The monoisotopic (exact) mass is 206 g/mol. The van der Waals surface area contributed by atoms with E-state index in [9.17, 15) is 14.9 Å². The highest BCUT2D eigenvalue weighted by molar-refractivity contribution is 5.98. The molecule has 0 amide bonds. The van der Waals surface area contributed by atoms with E-state index >= 15 is 0 Å². The van der Waals surface area contributed by atoms with Crippen molar-refractivity contribution in [2.45, 2.75) is 0 Å². The lowest BCUT2D eigenvalue weighted by Crippen LogP contribution is -2.02. The van der Waals surface area contributed by atoms with Gasteiger partial charge in [-0.15, -0.1) is 0 Å². The van der Waals surface area contributed by atoms with Crippen LogP contribution in [0.15, 0.2) is 24.4 Å². The minimum Gasteiger partial charge on any atom is -0.477 e. The number of fused-ring (bicyclic) bond motifs is 1. The lowest BCUT2D eigenvalue weighted by molar-refractivity contribution is -0.385. The summed E-state index contributed by atoms with van der Waals surface area (Å²) >= 11 is 0. The molecule has 0 unspecified atom stereocenters. The highest BCUT2D eigenvalue weighted by Gasteiger charge is 2.20. The number of hydrogen-bond donors (Lipinski definition) is 2. The molecule has 0 aliphatic heterocycles. The first-order valence-electron chi connectivity index (χ1n) is 4.08. The minimum atomic E-state index is -1.31. The summed E-state index contributed by atoms with van der Waals surface area (Å²) in [6, 6.07) is 4.15. The average molecular weight is 206 g/mol. The molecule has 6 nitrogen and oxygen atoms in total. The van der Waals surface area contributed by atoms with Gasteiger partial charge in [-0.05, 0) is 12.1 Å². The van der Waals surface area contributed by atoms with E-state index in [0.717, 1.165) is 0 Å². The zero-order valence-corrected chi connectivity index (χ0v) is 7.43. The highest BCUT2D eigenvalue weighted by Crippen LogP contribution is 2.25. The summed E-state index contributed by atoms with van der Waals surface area (Å²) in [7, 11) is 0. The zero-order chi connectivity index (χ0) is 11.0. The van der Waals surface area contributed by atoms with Crippen LogP contribution >= 0.6 is 0 Å². The number of carboxylic acids is 1. The molecule has 2 aromatic rings. The second kappa shape index (κ2) is 3.09. The molecule has 15 heavy (non-hydrogen) atoms. The second-order valence-electron chi connectivity index (χ2n) is 3.00. The standard InChI is InChI=1S/C9H6N2O4/c12-9(13)6-4-7-5(1-2-10-7)3-8(6)11(14)15/h1-4,10H,(H,12,13). The maximum absolute atomic E-state index is 10.8. The van der Waals surface area contributed by atoms with Crippen molar-refractivity contribution >= 4 is 22.6 Å². The summed E-state index contributed by atoms with van der Waals surface area (Å²) in [6.07, 6.45) is 1.60. The molecule has 0 spiro atoms. The maximum Gasteiger partial charge on any atom is 0.342 e. The van der Waals surface area contributed by atoms with Gasteiger partial charge in [-0.25, -0.2) is 4.79 Å². The third kappa shape index (κ3) is 1.41. The number of nitro benzene ring substituents is 1. The topological polar surface area (TPSA) is 96.2 Å². The van der Waals surface area contributed by atoms with E-state index in [1.807, 2.05) is 0 Å². The van der Waals surface area contributed by atoms with E-state index in [2.05, 4.69) is 4.98 Å². The van der Waals surface area contributed by atoms with Gasteiger partial charge in [-0.3, -0.25) is 10.1 Å². The molecule has 76 valence electrons. The Balaban J connectivity index is 2.79. The summed E-state index contributed by atoms with van der Waals surface area (Å²) in [5.41, 5.74) is -0.137. The third-order valence-electron chi connectivity index (χ3n) is 2.10. The Morgan fingerprint density at radius 3 is 2.80 bits per heavy atom. The normalized spacial score (nSPS) is 10.4. The molecule has 0 fully saturated rings. The molecule has 0 saturated carbocycles. The van der Waals surface area contributed by atoms with E-state index in [1.165, 1.54) is 12.1 Å². The summed E-state index contributed by atoms with van der Waals surface area (Å²) in [5.74, 6) is -1.31. The molecule has 0 aliphatic carbocycles. The molecule has 1 aromatic carbocycles. The predicted molar refractivity (Wildman–Crippen MR) is 51.9 cm³/mol. The van der Waals surface area contributed by atoms with Crippen LogP contribution in [0, 0.1) is 10.1 Å². The Kier molecular flexibility index (Phi) is 1.89. The molecule has 6 heteroatoms. The minimum absolute atomic E-state index is 0.310. The Morgan fingerprint density at radius 1 is 1.47 bits per heavy atom. The summed E-state index contributed by atoms with van der Waals surface area (Å²) in [6.45, 7) is 0. The van der Waals surface area contributed by atoms with Crippen molar-refractivity contribution < 1.29 is 14.8 Å². The molecule has 0 bridgehead atoms. The summed E-state index contributed by atoms with van der Waals surface area (Å²) in [5, 5.41) is 20.0. The first-order chi connectivity index (χ1) is 7.09. The summed E-state index contributed by atoms with van der Waals surface area (Å²) < 4.78 is 0. The average Bonchev–Trinajstić information content (AvgIpc) is 2.61. The number of benzene rings is 1. The van der Waals surface area contributed by atoms with Crippen molar-refractivity contribution in [2.24, 2.45) is 0 Å². The number of carbonyl (C=O) groups is 1. The van der Waals surface area contributed by atoms with E-state index < -0.39 is 16.6 Å². The first kappa shape index (κ1) is 9.20. The van der Waals surface area contributed by atoms with Crippen LogP contribution in [0.4, 0.5) is 5.69 Å². The molecular formula is C9H6N2O4. The number of aromatic amines is 1. The molecule has 0 radical (unpaired) electrons. The van der Waals surface area contributed by atoms with Crippen LogP contribution in [0.25, 0.3) is 10.9 Å². The predicted octanol–water partition coefficient (Wildman–Crippen LogP) is 1.77. The zero-order valence-electron chi connectivity index (χ0n) is 7.43. The number of aromatic carboxylic acids is 1. The largest absolute Gasteiger partial charge is 0.477 e. The van der Waals surface area contributed by atoms with Gasteiger partial charge in [-0.1, -0.05) is 0 Å². The number of rotatable bonds is 2. The molecular weight excluding hydrogens is 200 g/mol. The van der Waals surface area contributed by atoms with Crippen molar-refractivity contribution in [2.75, 3.05) is 0 Å². The number of hydrogen-bond acceptors (Lipinski definition) is 3. The molecule has 0 saturated heterocycles. The quantitative estimate of drug-likeness (QED) is 0.578. The Morgan fingerprint density at radius 2 is 2.20 bits per heavy atom. The number of nitro groups is 1. The second-order valence-corrected chi connectivity index (χ2v) is 3.00. The van der Waals surface area contributed by atoms with Crippen LogP contribution in [-0.2, 0) is 0 Å². The SMILES string of the molecule is O=C(O)c1cc2[nH]ccc2cc1[N+](=O)[O-]. The van der Waals surface area contributed by atoms with Gasteiger partial charge in [0.1, 0.15) is 5.56 Å². The van der Waals surface area contributed by atoms with Crippen LogP contribution in [0.5, 0.6) is 0 Å². The van der Waals surface area contributed by atoms with Crippen LogP contribution in [-0.4, -0.2) is 21.0 Å². The number of carboxylic acid groups (broad SMARTS) is 1. The molecule has 1 aromatic heterocycles. The molecule has 2 N–H and O–H groups in total. The Bertz CT molecular complexity index is 510. The van der Waals surface area contributed by atoms with Crippen molar-refractivity contribution in [3.05, 3.63) is 40.1 Å². The number of H-pyrrole nitrogens is 1. The smallest absolute Gasteiger partial charge is 0.342 e. The molecule has 0 atom stereocenters. The van der Waals surface area contributed by atoms with E-state index in [4.69, 9.17) is 5.11 Å².